The Kier molecular flexibility index (Phi) is 7.10. The summed E-state index contributed by atoms with van der Waals surface area (Å²) in [6, 6.07) is 9.70. The van der Waals surface area contributed by atoms with Crippen molar-refractivity contribution in [2.75, 3.05) is 6.54 Å². The highest BCUT2D eigenvalue weighted by Crippen LogP contribution is 2.29. The Labute approximate surface area is 187 Å². The molecule has 0 aliphatic rings. The second-order valence-electron chi connectivity index (χ2n) is 7.40. The van der Waals surface area contributed by atoms with Crippen LogP contribution in [0.2, 0.25) is 0 Å². The minimum atomic E-state index is -4.48. The van der Waals surface area contributed by atoms with Gasteiger partial charge in [0.1, 0.15) is 0 Å². The molecule has 0 saturated carbocycles. The zero-order valence-corrected chi connectivity index (χ0v) is 17.9. The van der Waals surface area contributed by atoms with Gasteiger partial charge in [-0.2, -0.15) is 18.2 Å². The van der Waals surface area contributed by atoms with Crippen molar-refractivity contribution in [1.29, 1.82) is 0 Å². The van der Waals surface area contributed by atoms with Crippen molar-refractivity contribution < 1.29 is 27.4 Å². The first-order valence-electron chi connectivity index (χ1n) is 10.2. The van der Waals surface area contributed by atoms with Gasteiger partial charge in [-0.15, -0.1) is 0 Å². The molecule has 0 unspecified atom stereocenters. The number of nitrogens with zero attached hydrogens (tertiary/aromatic N) is 4. The number of halogens is 3. The molecule has 0 radical (unpaired) electrons. The maximum absolute atomic E-state index is 13.0. The summed E-state index contributed by atoms with van der Waals surface area (Å²) in [5.41, 5.74) is -0.373. The highest BCUT2D eigenvalue weighted by atomic mass is 19.4. The lowest BCUT2D eigenvalue weighted by Gasteiger charge is -2.28. The predicted octanol–water partition coefficient (Wildman–Crippen LogP) is 5.15. The van der Waals surface area contributed by atoms with Crippen molar-refractivity contribution in [3.63, 3.8) is 0 Å². The van der Waals surface area contributed by atoms with E-state index in [1.165, 1.54) is 18.2 Å². The Hall–Kier alpha value is -3.76. The van der Waals surface area contributed by atoms with E-state index in [0.717, 1.165) is 24.3 Å². The number of aromatic nitrogens is 2. The molecule has 174 valence electrons. The highest BCUT2D eigenvalue weighted by Gasteiger charge is 2.30. The van der Waals surface area contributed by atoms with Gasteiger partial charge < -0.3 is 9.42 Å². The fraction of sp³-hybridized carbons (Fsp3) is 0.318. The molecule has 0 aliphatic heterocycles. The summed E-state index contributed by atoms with van der Waals surface area (Å²) in [7, 11) is 0. The van der Waals surface area contributed by atoms with Crippen LogP contribution in [0, 0.1) is 10.1 Å². The van der Waals surface area contributed by atoms with E-state index in [0.29, 0.717) is 12.0 Å². The first-order chi connectivity index (χ1) is 15.6. The SMILES string of the molecule is CC[C@@H](C)N(CCc1nc(-c2cccc([N+](=O)[O-])c2)no1)C(=O)c1ccc(C(F)(F)F)cc1. The van der Waals surface area contributed by atoms with Crippen LogP contribution in [-0.2, 0) is 12.6 Å². The van der Waals surface area contributed by atoms with Crippen molar-refractivity contribution >= 4 is 11.6 Å². The van der Waals surface area contributed by atoms with Crippen LogP contribution in [0.25, 0.3) is 11.4 Å². The Morgan fingerprint density at radius 3 is 2.52 bits per heavy atom. The third-order valence-corrected chi connectivity index (χ3v) is 5.19. The van der Waals surface area contributed by atoms with Gasteiger partial charge in [-0.05, 0) is 37.6 Å². The monoisotopic (exact) mass is 462 g/mol. The van der Waals surface area contributed by atoms with Crippen LogP contribution in [-0.4, -0.2) is 38.5 Å². The van der Waals surface area contributed by atoms with Gasteiger partial charge in [-0.25, -0.2) is 0 Å². The first-order valence-corrected chi connectivity index (χ1v) is 10.2. The minimum absolute atomic E-state index is 0.107. The van der Waals surface area contributed by atoms with Crippen LogP contribution >= 0.6 is 0 Å². The van der Waals surface area contributed by atoms with E-state index in [2.05, 4.69) is 10.1 Å². The van der Waals surface area contributed by atoms with Crippen LogP contribution in [0.15, 0.2) is 53.1 Å². The van der Waals surface area contributed by atoms with Crippen LogP contribution in [0.5, 0.6) is 0 Å². The van der Waals surface area contributed by atoms with E-state index in [-0.39, 0.29) is 42.0 Å². The second-order valence-corrected chi connectivity index (χ2v) is 7.40. The third kappa shape index (κ3) is 5.73. The lowest BCUT2D eigenvalue weighted by Crippen LogP contribution is -2.39. The van der Waals surface area contributed by atoms with Gasteiger partial charge in [-0.1, -0.05) is 24.2 Å². The summed E-state index contributed by atoms with van der Waals surface area (Å²) < 4.78 is 43.6. The van der Waals surface area contributed by atoms with Crippen molar-refractivity contribution in [2.24, 2.45) is 0 Å². The van der Waals surface area contributed by atoms with Gasteiger partial charge >= 0.3 is 6.18 Å². The lowest BCUT2D eigenvalue weighted by atomic mass is 10.1. The average Bonchev–Trinajstić information content (AvgIpc) is 3.27. The maximum atomic E-state index is 13.0. The summed E-state index contributed by atoms with van der Waals surface area (Å²) in [6.07, 6.45) is -3.64. The largest absolute Gasteiger partial charge is 0.416 e. The fourth-order valence-electron chi connectivity index (χ4n) is 3.16. The smallest absolute Gasteiger partial charge is 0.339 e. The van der Waals surface area contributed by atoms with Gasteiger partial charge in [0.2, 0.25) is 11.7 Å². The van der Waals surface area contributed by atoms with Crippen molar-refractivity contribution in [1.82, 2.24) is 15.0 Å². The number of nitro groups is 1. The maximum Gasteiger partial charge on any atom is 0.416 e. The van der Waals surface area contributed by atoms with Gasteiger partial charge in [0.25, 0.3) is 11.6 Å². The molecule has 0 saturated heterocycles. The van der Waals surface area contributed by atoms with Crippen molar-refractivity contribution in [3.8, 4) is 11.4 Å². The van der Waals surface area contributed by atoms with Gasteiger partial charge in [-0.3, -0.25) is 14.9 Å². The molecule has 0 fully saturated rings. The van der Waals surface area contributed by atoms with Gasteiger partial charge in [0.05, 0.1) is 10.5 Å². The Morgan fingerprint density at radius 1 is 1.21 bits per heavy atom. The topological polar surface area (TPSA) is 102 Å². The lowest BCUT2D eigenvalue weighted by molar-refractivity contribution is -0.384. The molecule has 8 nitrogen and oxygen atoms in total. The number of amides is 1. The number of alkyl halides is 3. The summed E-state index contributed by atoms with van der Waals surface area (Å²) in [5, 5.41) is 14.8. The molecule has 1 heterocycles. The van der Waals surface area contributed by atoms with Crippen LogP contribution in [0.3, 0.4) is 0 Å². The number of nitro benzene ring substituents is 1. The molecular weight excluding hydrogens is 441 g/mol. The Morgan fingerprint density at radius 2 is 1.91 bits per heavy atom. The number of non-ortho nitro benzene ring substituents is 1. The number of rotatable bonds is 8. The van der Waals surface area contributed by atoms with Crippen LogP contribution in [0.4, 0.5) is 18.9 Å². The molecule has 1 amide bonds. The van der Waals surface area contributed by atoms with E-state index < -0.39 is 22.6 Å². The van der Waals surface area contributed by atoms with Gasteiger partial charge in [0.15, 0.2) is 0 Å². The molecule has 0 bridgehead atoms. The number of hydrogen-bond acceptors (Lipinski definition) is 6. The normalized spacial score (nSPS) is 12.4. The number of carbonyl (C=O) groups is 1. The van der Waals surface area contributed by atoms with Crippen LogP contribution in [0.1, 0.15) is 42.1 Å². The quantitative estimate of drug-likeness (QED) is 0.339. The van der Waals surface area contributed by atoms with Crippen molar-refractivity contribution in [2.45, 2.75) is 38.9 Å². The zero-order chi connectivity index (χ0) is 24.2. The van der Waals surface area contributed by atoms with Crippen molar-refractivity contribution in [3.05, 3.63) is 75.7 Å². The molecule has 0 spiro atoms. The summed E-state index contributed by atoms with van der Waals surface area (Å²) >= 11 is 0. The summed E-state index contributed by atoms with van der Waals surface area (Å²) in [5.74, 6) is -0.000572. The number of hydrogen-bond donors (Lipinski definition) is 0. The second kappa shape index (κ2) is 9.80. The van der Waals surface area contributed by atoms with E-state index in [4.69, 9.17) is 4.52 Å². The van der Waals surface area contributed by atoms with Gasteiger partial charge in [0, 0.05) is 42.3 Å². The first kappa shape index (κ1) is 23.9. The molecule has 3 aromatic rings. The summed E-state index contributed by atoms with van der Waals surface area (Å²) in [6.45, 7) is 3.93. The molecule has 11 heteroatoms. The molecule has 1 atom stereocenters. The Bertz CT molecular complexity index is 1130. The predicted molar refractivity (Wildman–Crippen MR) is 112 cm³/mol. The van der Waals surface area contributed by atoms with E-state index in [9.17, 15) is 28.1 Å². The minimum Gasteiger partial charge on any atom is -0.339 e. The number of carbonyl (C=O) groups excluding carboxylic acids is 1. The molecule has 2 aromatic carbocycles. The molecule has 0 N–H and O–H groups in total. The summed E-state index contributed by atoms with van der Waals surface area (Å²) in [4.78, 5) is 29.2. The average molecular weight is 462 g/mol. The highest BCUT2D eigenvalue weighted by molar-refractivity contribution is 5.94. The third-order valence-electron chi connectivity index (χ3n) is 5.19. The standard InChI is InChI=1S/C22H21F3N4O4/c1-3-14(2)28(21(30)15-7-9-17(10-8-15)22(23,24)25)12-11-19-26-20(27-33-19)16-5-4-6-18(13-16)29(31)32/h4-10,13-14H,3,11-12H2,1-2H3/t14-/m1/s1. The molecule has 0 aliphatic carbocycles. The Balaban J connectivity index is 1.74. The van der Waals surface area contributed by atoms with E-state index in [1.807, 2.05) is 13.8 Å². The molecular formula is C22H21F3N4O4. The van der Waals surface area contributed by atoms with E-state index >= 15 is 0 Å². The number of benzene rings is 2. The van der Waals surface area contributed by atoms with Crippen LogP contribution < -0.4 is 0 Å². The molecule has 1 aromatic heterocycles. The molecule has 33 heavy (non-hydrogen) atoms. The zero-order valence-electron chi connectivity index (χ0n) is 17.9. The van der Waals surface area contributed by atoms with E-state index in [1.54, 1.807) is 11.0 Å². The molecule has 3 rings (SSSR count). The fourth-order valence-corrected chi connectivity index (χ4v) is 3.16.